The Kier molecular flexibility index (Phi) is 11.1. The Bertz CT molecular complexity index is 2080. The molecule has 54 heavy (non-hydrogen) atoms. The zero-order chi connectivity index (χ0) is 37.2. The first-order valence-electron chi connectivity index (χ1n) is 18.0. The molecule has 0 radical (unpaired) electrons. The Morgan fingerprint density at radius 2 is 1.06 bits per heavy atom. The summed E-state index contributed by atoms with van der Waals surface area (Å²) >= 11 is 0. The van der Waals surface area contributed by atoms with Gasteiger partial charge in [0.25, 0.3) is 0 Å². The molecule has 1 aliphatic carbocycles. The molecule has 0 bridgehead atoms. The second-order valence-electron chi connectivity index (χ2n) is 13.1. The van der Waals surface area contributed by atoms with Crippen LogP contribution in [0.4, 0.5) is 4.79 Å². The number of rotatable bonds is 13. The number of hydrogen-bond acceptors (Lipinski definition) is 5. The molecule has 7 nitrogen and oxygen atoms in total. The van der Waals surface area contributed by atoms with E-state index >= 15 is 0 Å². The highest BCUT2D eigenvalue weighted by Crippen LogP contribution is 2.44. The lowest BCUT2D eigenvalue weighted by Gasteiger charge is -2.37. The van der Waals surface area contributed by atoms with E-state index in [0.29, 0.717) is 0 Å². The molecule has 268 valence electrons. The molecule has 6 aromatic carbocycles. The first-order chi connectivity index (χ1) is 26.5. The van der Waals surface area contributed by atoms with E-state index in [4.69, 9.17) is 9.47 Å². The number of hydrogen-bond donors (Lipinski definition) is 2. The van der Waals surface area contributed by atoms with E-state index in [1.165, 1.54) is 12.2 Å². The molecule has 0 heterocycles. The quantitative estimate of drug-likeness (QED) is 0.0710. The van der Waals surface area contributed by atoms with Crippen LogP contribution < -0.4 is 10.6 Å². The summed E-state index contributed by atoms with van der Waals surface area (Å²) in [6.45, 7) is 0.184. The monoisotopic (exact) mass is 712 g/mol. The van der Waals surface area contributed by atoms with Crippen molar-refractivity contribution in [1.29, 1.82) is 0 Å². The zero-order valence-electron chi connectivity index (χ0n) is 29.6. The summed E-state index contributed by atoms with van der Waals surface area (Å²) in [6, 6.07) is 54.0. The summed E-state index contributed by atoms with van der Waals surface area (Å²) in [6.07, 6.45) is 1.81. The van der Waals surface area contributed by atoms with Gasteiger partial charge >= 0.3 is 12.1 Å². The largest absolute Gasteiger partial charge is 0.458 e. The molecule has 2 amide bonds. The van der Waals surface area contributed by atoms with Crippen molar-refractivity contribution in [2.24, 2.45) is 0 Å². The average molecular weight is 713 g/mol. The van der Waals surface area contributed by atoms with Gasteiger partial charge in [0.1, 0.15) is 18.8 Å². The van der Waals surface area contributed by atoms with Crippen LogP contribution in [-0.2, 0) is 31.2 Å². The molecule has 1 atom stereocenters. The Balaban J connectivity index is 1.13. The normalized spacial score (nSPS) is 12.7. The van der Waals surface area contributed by atoms with Gasteiger partial charge in [0.15, 0.2) is 0 Å². The fourth-order valence-corrected chi connectivity index (χ4v) is 7.17. The topological polar surface area (TPSA) is 93.7 Å². The lowest BCUT2D eigenvalue weighted by atomic mass is 9.77. The number of carbonyl (C=O) groups is 3. The molecule has 2 N–H and O–H groups in total. The average Bonchev–Trinajstić information content (AvgIpc) is 3.55. The van der Waals surface area contributed by atoms with Crippen LogP contribution in [0.1, 0.15) is 45.7 Å². The molecule has 0 saturated heterocycles. The van der Waals surface area contributed by atoms with Gasteiger partial charge in [0.2, 0.25) is 5.91 Å². The van der Waals surface area contributed by atoms with Crippen LogP contribution in [0.25, 0.3) is 11.1 Å². The third kappa shape index (κ3) is 8.01. The summed E-state index contributed by atoms with van der Waals surface area (Å²) in [4.78, 5) is 40.7. The molecule has 7 heteroatoms. The van der Waals surface area contributed by atoms with Crippen molar-refractivity contribution in [2.45, 2.75) is 30.5 Å². The van der Waals surface area contributed by atoms with Crippen molar-refractivity contribution in [3.63, 3.8) is 0 Å². The van der Waals surface area contributed by atoms with Crippen LogP contribution in [-0.4, -0.2) is 30.6 Å². The van der Waals surface area contributed by atoms with E-state index in [1.807, 2.05) is 146 Å². The number of carbonyl (C=O) groups excluding carboxylic acids is 3. The highest BCUT2D eigenvalue weighted by atomic mass is 16.5. The van der Waals surface area contributed by atoms with Crippen LogP contribution in [0.5, 0.6) is 0 Å². The summed E-state index contributed by atoms with van der Waals surface area (Å²) in [7, 11) is 0. The van der Waals surface area contributed by atoms with E-state index in [9.17, 15) is 14.4 Å². The van der Waals surface area contributed by atoms with Gasteiger partial charge in [-0.05, 0) is 44.5 Å². The minimum atomic E-state index is -1.06. The van der Waals surface area contributed by atoms with Crippen LogP contribution in [0.3, 0.4) is 0 Å². The van der Waals surface area contributed by atoms with Gasteiger partial charge in [-0.15, -0.1) is 0 Å². The van der Waals surface area contributed by atoms with Crippen molar-refractivity contribution in [2.75, 3.05) is 6.61 Å². The van der Waals surface area contributed by atoms with E-state index < -0.39 is 23.6 Å². The van der Waals surface area contributed by atoms with E-state index in [0.717, 1.165) is 44.5 Å². The molecule has 1 aliphatic rings. The van der Waals surface area contributed by atoms with Crippen LogP contribution >= 0.6 is 0 Å². The standard InChI is InChI=1S/C47H40N2O5/c50-44(49-47(35-19-7-2-8-20-35,36-21-9-3-10-22-36)37-23-11-4-12-24-37)31-38(29-30-45(51)53-32-34-17-5-1-6-18-34)48-46(52)54-33-43-41-27-15-13-25-39(41)40-26-14-16-28-42(40)43/h1-30,38,43H,31-33H2,(H,48,52)(H,49,50)/b30-29+/t38-/m1/s1. The maximum atomic E-state index is 14.3. The Hall–Kier alpha value is -6.73. The molecule has 0 unspecified atom stereocenters. The Morgan fingerprint density at radius 1 is 0.593 bits per heavy atom. The molecule has 7 rings (SSSR count). The second kappa shape index (κ2) is 16.7. The first kappa shape index (κ1) is 35.7. The number of benzene rings is 6. The molecule has 0 saturated carbocycles. The lowest BCUT2D eigenvalue weighted by Crippen LogP contribution is -2.49. The number of ether oxygens (including phenoxy) is 2. The van der Waals surface area contributed by atoms with Crippen LogP contribution in [0, 0.1) is 0 Å². The second-order valence-corrected chi connectivity index (χ2v) is 13.1. The van der Waals surface area contributed by atoms with Crippen molar-refractivity contribution in [3.8, 4) is 11.1 Å². The molecule has 0 aromatic heterocycles. The lowest BCUT2D eigenvalue weighted by molar-refractivity contribution is -0.139. The fraction of sp³-hybridized carbons (Fsp3) is 0.128. The summed E-state index contributed by atoms with van der Waals surface area (Å²) in [5.41, 5.74) is 6.76. The fourth-order valence-electron chi connectivity index (χ4n) is 7.17. The summed E-state index contributed by atoms with van der Waals surface area (Å²) < 4.78 is 11.3. The minimum absolute atomic E-state index is 0.0860. The maximum Gasteiger partial charge on any atom is 0.407 e. The van der Waals surface area contributed by atoms with Gasteiger partial charge in [-0.2, -0.15) is 0 Å². The van der Waals surface area contributed by atoms with Crippen molar-refractivity contribution >= 4 is 18.0 Å². The molecule has 0 fully saturated rings. The highest BCUT2D eigenvalue weighted by Gasteiger charge is 2.38. The Morgan fingerprint density at radius 3 is 1.57 bits per heavy atom. The van der Waals surface area contributed by atoms with Crippen LogP contribution in [0.2, 0.25) is 0 Å². The third-order valence-electron chi connectivity index (χ3n) is 9.69. The van der Waals surface area contributed by atoms with Crippen LogP contribution in [0.15, 0.2) is 182 Å². The number of esters is 1. The number of nitrogens with one attached hydrogen (secondary N) is 2. The maximum absolute atomic E-state index is 14.3. The summed E-state index contributed by atoms with van der Waals surface area (Å²) in [5.74, 6) is -1.11. The van der Waals surface area contributed by atoms with Gasteiger partial charge in [-0.3, -0.25) is 4.79 Å². The highest BCUT2D eigenvalue weighted by molar-refractivity contribution is 5.84. The minimum Gasteiger partial charge on any atom is -0.458 e. The first-order valence-corrected chi connectivity index (χ1v) is 18.0. The number of amides is 2. The molecule has 6 aromatic rings. The zero-order valence-corrected chi connectivity index (χ0v) is 29.6. The summed E-state index contributed by atoms with van der Waals surface area (Å²) in [5, 5.41) is 6.17. The molecular weight excluding hydrogens is 673 g/mol. The predicted molar refractivity (Wildman–Crippen MR) is 209 cm³/mol. The SMILES string of the molecule is O=C(C[C@@H](/C=C/C(=O)OCc1ccccc1)NC(=O)OCC1c2ccccc2-c2ccccc21)NC(c1ccccc1)(c1ccccc1)c1ccccc1. The van der Waals surface area contributed by atoms with Crippen molar-refractivity contribution in [1.82, 2.24) is 10.6 Å². The van der Waals surface area contributed by atoms with E-state index in [-0.39, 0.29) is 31.5 Å². The smallest absolute Gasteiger partial charge is 0.407 e. The van der Waals surface area contributed by atoms with Gasteiger partial charge in [0, 0.05) is 12.0 Å². The van der Waals surface area contributed by atoms with E-state index in [2.05, 4.69) is 34.9 Å². The number of fused-ring (bicyclic) bond motifs is 3. The van der Waals surface area contributed by atoms with Gasteiger partial charge in [-0.25, -0.2) is 9.59 Å². The third-order valence-corrected chi connectivity index (χ3v) is 9.69. The van der Waals surface area contributed by atoms with Crippen molar-refractivity contribution in [3.05, 3.63) is 215 Å². The van der Waals surface area contributed by atoms with Gasteiger partial charge < -0.3 is 20.1 Å². The van der Waals surface area contributed by atoms with Gasteiger partial charge in [-0.1, -0.05) is 176 Å². The molecule has 0 aliphatic heterocycles. The number of alkyl carbamates (subject to hydrolysis) is 1. The van der Waals surface area contributed by atoms with Crippen molar-refractivity contribution < 1.29 is 23.9 Å². The van der Waals surface area contributed by atoms with Gasteiger partial charge in [0.05, 0.1) is 12.5 Å². The molecular formula is C47H40N2O5. The Labute approximate surface area is 315 Å². The molecule has 0 spiro atoms. The van der Waals surface area contributed by atoms with E-state index in [1.54, 1.807) is 0 Å². The predicted octanol–water partition coefficient (Wildman–Crippen LogP) is 8.69.